The van der Waals surface area contributed by atoms with Gasteiger partial charge in [0.15, 0.2) is 4.84 Å². The van der Waals surface area contributed by atoms with E-state index in [-0.39, 0.29) is 16.2 Å². The lowest BCUT2D eigenvalue weighted by molar-refractivity contribution is -0.131. The largest absolute Gasteiger partial charge is 0.324 e. The molecule has 2 aliphatic rings. The zero-order chi connectivity index (χ0) is 13.5. The van der Waals surface area contributed by atoms with Gasteiger partial charge in [0.2, 0.25) is 0 Å². The maximum Gasteiger partial charge on any atom is 0.257 e. The van der Waals surface area contributed by atoms with Crippen molar-refractivity contribution in [3.63, 3.8) is 0 Å². The number of halogens is 2. The molecule has 7 heteroatoms. The lowest BCUT2D eigenvalue weighted by Crippen LogP contribution is -2.46. The van der Waals surface area contributed by atoms with E-state index < -0.39 is 4.84 Å². The summed E-state index contributed by atoms with van der Waals surface area (Å²) < 4.78 is 0. The molecule has 0 aromatic carbocycles. The van der Waals surface area contributed by atoms with Gasteiger partial charge in [-0.25, -0.2) is 5.01 Å². The molecule has 4 nitrogen and oxygen atoms in total. The van der Waals surface area contributed by atoms with E-state index >= 15 is 0 Å². The number of nitrogens with zero attached hydrogens (tertiary/aromatic N) is 3. The van der Waals surface area contributed by atoms with E-state index in [1.165, 1.54) is 0 Å². The monoisotopic (exact) mass is 309 g/mol. The van der Waals surface area contributed by atoms with Crippen LogP contribution >= 0.6 is 35.0 Å². The van der Waals surface area contributed by atoms with Crippen LogP contribution in [0, 0.1) is 0 Å². The second kappa shape index (κ2) is 5.12. The molecule has 1 unspecified atom stereocenters. The minimum absolute atomic E-state index is 0.215. The SMILES string of the molecule is CN1C=CCN1C1CN(C(=O)C(Cl)Cl)C(C)(C)S1. The van der Waals surface area contributed by atoms with Gasteiger partial charge in [0, 0.05) is 26.3 Å². The van der Waals surface area contributed by atoms with E-state index in [9.17, 15) is 4.79 Å². The number of hydrogen-bond donors (Lipinski definition) is 0. The number of thioether (sulfide) groups is 1. The van der Waals surface area contributed by atoms with Crippen LogP contribution in [0.1, 0.15) is 13.8 Å². The maximum atomic E-state index is 12.0. The first kappa shape index (κ1) is 14.3. The van der Waals surface area contributed by atoms with Crippen molar-refractivity contribution in [1.29, 1.82) is 0 Å². The maximum absolute atomic E-state index is 12.0. The molecule has 18 heavy (non-hydrogen) atoms. The molecule has 2 rings (SSSR count). The fourth-order valence-electron chi connectivity index (χ4n) is 2.28. The highest BCUT2D eigenvalue weighted by Crippen LogP contribution is 2.42. The Balaban J connectivity index is 2.09. The summed E-state index contributed by atoms with van der Waals surface area (Å²) in [4.78, 5) is 12.5. The Morgan fingerprint density at radius 2 is 2.17 bits per heavy atom. The van der Waals surface area contributed by atoms with E-state index in [0.29, 0.717) is 6.54 Å². The third kappa shape index (κ3) is 2.59. The molecule has 2 heterocycles. The average Bonchev–Trinajstić information content (AvgIpc) is 2.80. The van der Waals surface area contributed by atoms with E-state index in [1.807, 2.05) is 27.1 Å². The molecule has 2 aliphatic heterocycles. The summed E-state index contributed by atoms with van der Waals surface area (Å²) in [5.74, 6) is -0.215. The summed E-state index contributed by atoms with van der Waals surface area (Å²) in [6.45, 7) is 5.56. The highest BCUT2D eigenvalue weighted by atomic mass is 35.5. The lowest BCUT2D eigenvalue weighted by Gasteiger charge is -2.30. The summed E-state index contributed by atoms with van der Waals surface area (Å²) >= 11 is 13.2. The third-order valence-corrected chi connectivity index (χ3v) is 5.05. The molecule has 1 fully saturated rings. The first-order valence-corrected chi connectivity index (χ1v) is 7.51. The minimum Gasteiger partial charge on any atom is -0.324 e. The molecule has 0 saturated carbocycles. The fourth-order valence-corrected chi connectivity index (χ4v) is 4.05. The summed E-state index contributed by atoms with van der Waals surface area (Å²) in [5, 5.41) is 4.51. The Morgan fingerprint density at radius 3 is 2.67 bits per heavy atom. The molecule has 1 atom stereocenters. The Morgan fingerprint density at radius 1 is 1.50 bits per heavy atom. The number of hydrazine groups is 1. The van der Waals surface area contributed by atoms with Crippen LogP contribution in [-0.4, -0.2) is 56.0 Å². The number of amides is 1. The van der Waals surface area contributed by atoms with Gasteiger partial charge < -0.3 is 9.91 Å². The van der Waals surface area contributed by atoms with E-state index in [2.05, 4.69) is 16.1 Å². The van der Waals surface area contributed by atoms with Crippen molar-refractivity contribution in [2.24, 2.45) is 0 Å². The fraction of sp³-hybridized carbons (Fsp3) is 0.727. The molecular weight excluding hydrogens is 293 g/mol. The van der Waals surface area contributed by atoms with Gasteiger partial charge in [0.05, 0.1) is 10.2 Å². The Labute approximate surface area is 122 Å². The summed E-state index contributed by atoms with van der Waals surface area (Å²) in [6, 6.07) is 0. The summed E-state index contributed by atoms with van der Waals surface area (Å²) in [6.07, 6.45) is 4.13. The molecule has 0 aliphatic carbocycles. The van der Waals surface area contributed by atoms with Crippen LogP contribution in [-0.2, 0) is 4.79 Å². The molecular formula is C11H17Cl2N3OS. The number of hydrogen-bond acceptors (Lipinski definition) is 4. The van der Waals surface area contributed by atoms with Crippen molar-refractivity contribution in [1.82, 2.24) is 14.9 Å². The number of carbonyl (C=O) groups is 1. The van der Waals surface area contributed by atoms with Gasteiger partial charge >= 0.3 is 0 Å². The Hall–Kier alpha value is -0.100. The lowest BCUT2D eigenvalue weighted by atomic mass is 10.3. The zero-order valence-corrected chi connectivity index (χ0v) is 13.0. The minimum atomic E-state index is -0.988. The molecule has 0 N–H and O–H groups in total. The second-order valence-corrected chi connectivity index (χ2v) is 7.72. The van der Waals surface area contributed by atoms with Gasteiger partial charge in [-0.3, -0.25) is 4.79 Å². The van der Waals surface area contributed by atoms with Crippen LogP contribution in [0.2, 0.25) is 0 Å². The van der Waals surface area contributed by atoms with Crippen molar-refractivity contribution in [2.45, 2.75) is 28.9 Å². The summed E-state index contributed by atoms with van der Waals surface area (Å²) in [7, 11) is 2.01. The van der Waals surface area contributed by atoms with Crippen LogP contribution in [0.15, 0.2) is 12.3 Å². The Kier molecular flexibility index (Phi) is 4.07. The molecule has 102 valence electrons. The van der Waals surface area contributed by atoms with Gasteiger partial charge in [-0.1, -0.05) is 29.3 Å². The predicted molar refractivity (Wildman–Crippen MR) is 76.3 cm³/mol. The van der Waals surface area contributed by atoms with Crippen molar-refractivity contribution < 1.29 is 4.79 Å². The molecule has 0 spiro atoms. The van der Waals surface area contributed by atoms with Crippen LogP contribution in [0.25, 0.3) is 0 Å². The molecule has 0 aromatic heterocycles. The quantitative estimate of drug-likeness (QED) is 0.730. The van der Waals surface area contributed by atoms with E-state index in [4.69, 9.17) is 23.2 Å². The van der Waals surface area contributed by atoms with Crippen LogP contribution in [0.3, 0.4) is 0 Å². The number of alkyl halides is 2. The van der Waals surface area contributed by atoms with Gasteiger partial charge in [-0.05, 0) is 13.8 Å². The van der Waals surface area contributed by atoms with Crippen molar-refractivity contribution >= 4 is 40.9 Å². The zero-order valence-electron chi connectivity index (χ0n) is 10.6. The van der Waals surface area contributed by atoms with Gasteiger partial charge in [0.1, 0.15) is 0 Å². The van der Waals surface area contributed by atoms with E-state index in [1.54, 1.807) is 16.7 Å². The number of rotatable bonds is 2. The van der Waals surface area contributed by atoms with Crippen molar-refractivity contribution in [2.75, 3.05) is 20.1 Å². The van der Waals surface area contributed by atoms with Crippen molar-refractivity contribution in [3.8, 4) is 0 Å². The standard InChI is InChI=1S/C11H17Cl2N3OS/c1-11(2)15(10(17)9(12)13)7-8(18-11)16-6-4-5-14(16)3/h4-5,8-9H,6-7H2,1-3H3. The second-order valence-electron chi connectivity index (χ2n) is 4.85. The first-order valence-electron chi connectivity index (χ1n) is 5.76. The molecule has 1 amide bonds. The van der Waals surface area contributed by atoms with Gasteiger partial charge in [-0.15, -0.1) is 11.8 Å². The summed E-state index contributed by atoms with van der Waals surface area (Å²) in [5.41, 5.74) is 0. The van der Waals surface area contributed by atoms with Gasteiger partial charge in [-0.2, -0.15) is 0 Å². The Bertz CT molecular complexity index is 375. The molecule has 1 saturated heterocycles. The third-order valence-electron chi connectivity index (χ3n) is 3.22. The van der Waals surface area contributed by atoms with Crippen LogP contribution < -0.4 is 0 Å². The van der Waals surface area contributed by atoms with Crippen LogP contribution in [0.5, 0.6) is 0 Å². The predicted octanol–water partition coefficient (Wildman–Crippen LogP) is 2.10. The highest BCUT2D eigenvalue weighted by molar-refractivity contribution is 8.01. The van der Waals surface area contributed by atoms with E-state index in [0.717, 1.165) is 6.54 Å². The average molecular weight is 310 g/mol. The normalized spacial score (nSPS) is 27.6. The highest BCUT2D eigenvalue weighted by Gasteiger charge is 2.46. The van der Waals surface area contributed by atoms with Crippen LogP contribution in [0.4, 0.5) is 0 Å². The number of carbonyl (C=O) groups excluding carboxylic acids is 1. The molecule has 0 bridgehead atoms. The smallest absolute Gasteiger partial charge is 0.257 e. The molecule has 0 radical (unpaired) electrons. The van der Waals surface area contributed by atoms with Gasteiger partial charge in [0.25, 0.3) is 5.91 Å². The first-order chi connectivity index (χ1) is 8.33. The van der Waals surface area contributed by atoms with Crippen molar-refractivity contribution in [3.05, 3.63) is 12.3 Å². The molecule has 0 aromatic rings. The topological polar surface area (TPSA) is 26.8 Å².